The molecule has 1 aliphatic rings. The first-order valence-corrected chi connectivity index (χ1v) is 13.7. The Labute approximate surface area is 229 Å². The van der Waals surface area contributed by atoms with Gasteiger partial charge in [-0.2, -0.15) is 0 Å². The van der Waals surface area contributed by atoms with Crippen molar-refractivity contribution < 1.29 is 37.0 Å². The molecule has 1 aliphatic heterocycles. The lowest BCUT2D eigenvalue weighted by atomic mass is 9.88. The topological polar surface area (TPSA) is 108 Å². The van der Waals surface area contributed by atoms with Crippen molar-refractivity contribution >= 4 is 37.9 Å². The van der Waals surface area contributed by atoms with Crippen molar-refractivity contribution in [3.63, 3.8) is 0 Å². The highest BCUT2D eigenvalue weighted by Crippen LogP contribution is 2.53. The smallest absolute Gasteiger partial charge is 0.342 e. The number of carbonyl (C=O) groups is 2. The minimum Gasteiger partial charge on any atom is -0.497 e. The lowest BCUT2D eigenvalue weighted by Gasteiger charge is -2.35. The van der Waals surface area contributed by atoms with Crippen LogP contribution >= 0.6 is 15.9 Å². The van der Waals surface area contributed by atoms with Crippen LogP contribution in [0.3, 0.4) is 0 Å². The molecule has 3 aromatic rings. The lowest BCUT2D eigenvalue weighted by Crippen LogP contribution is -2.62. The van der Waals surface area contributed by atoms with Gasteiger partial charge >= 0.3 is 11.9 Å². The van der Waals surface area contributed by atoms with Crippen LogP contribution < -0.4 is 4.74 Å². The SMILES string of the molecule is COC(=O)C1(C(=O)OC)[C@H](c2ccc(OC)cc2)O[C@H](c2cccc(Br)c2)N1S(=O)(=O)c1ccc(C)cc1. The number of methoxy groups -OCH3 is 3. The molecule has 200 valence electrons. The van der Waals surface area contributed by atoms with E-state index in [9.17, 15) is 18.0 Å². The van der Waals surface area contributed by atoms with Crippen LogP contribution in [0, 0.1) is 6.92 Å². The predicted molar refractivity (Wildman–Crippen MR) is 141 cm³/mol. The van der Waals surface area contributed by atoms with Crippen LogP contribution in [-0.2, 0) is 33.8 Å². The molecule has 2 atom stereocenters. The van der Waals surface area contributed by atoms with E-state index in [1.807, 2.05) is 6.92 Å². The molecule has 0 saturated carbocycles. The van der Waals surface area contributed by atoms with Gasteiger partial charge in [0.25, 0.3) is 5.54 Å². The van der Waals surface area contributed by atoms with Crippen LogP contribution in [0.25, 0.3) is 0 Å². The molecule has 0 unspecified atom stereocenters. The van der Waals surface area contributed by atoms with Crippen molar-refractivity contribution in [1.82, 2.24) is 4.31 Å². The minimum atomic E-state index is -4.57. The maximum absolute atomic E-state index is 14.3. The van der Waals surface area contributed by atoms with Crippen LogP contribution in [0.4, 0.5) is 0 Å². The average Bonchev–Trinajstić information content (AvgIpc) is 3.30. The fourth-order valence-electron chi connectivity index (χ4n) is 4.48. The minimum absolute atomic E-state index is 0.140. The van der Waals surface area contributed by atoms with Gasteiger partial charge in [0.1, 0.15) is 11.9 Å². The van der Waals surface area contributed by atoms with Gasteiger partial charge in [-0.3, -0.25) is 0 Å². The molecule has 0 N–H and O–H groups in total. The summed E-state index contributed by atoms with van der Waals surface area (Å²) in [4.78, 5) is 27.2. The molecule has 38 heavy (non-hydrogen) atoms. The summed E-state index contributed by atoms with van der Waals surface area (Å²) in [5.41, 5.74) is -1.02. The lowest BCUT2D eigenvalue weighted by molar-refractivity contribution is -0.169. The fourth-order valence-corrected chi connectivity index (χ4v) is 6.66. The van der Waals surface area contributed by atoms with E-state index in [-0.39, 0.29) is 4.90 Å². The van der Waals surface area contributed by atoms with Crippen molar-refractivity contribution in [3.05, 3.63) is 94.0 Å². The van der Waals surface area contributed by atoms with Gasteiger partial charge in [0.2, 0.25) is 10.0 Å². The number of aryl methyl sites for hydroxylation is 1. The summed E-state index contributed by atoms with van der Waals surface area (Å²) >= 11 is 3.40. The molecule has 3 aromatic carbocycles. The monoisotopic (exact) mass is 603 g/mol. The summed E-state index contributed by atoms with van der Waals surface area (Å²) in [5, 5.41) is 0. The molecule has 0 spiro atoms. The van der Waals surface area contributed by atoms with Gasteiger partial charge in [0.05, 0.1) is 26.2 Å². The number of esters is 2. The van der Waals surface area contributed by atoms with Crippen molar-refractivity contribution in [2.75, 3.05) is 21.3 Å². The molecule has 1 fully saturated rings. The van der Waals surface area contributed by atoms with Gasteiger partial charge in [0.15, 0.2) is 6.23 Å². The second kappa shape index (κ2) is 10.9. The Morgan fingerprint density at radius 2 is 1.50 bits per heavy atom. The maximum atomic E-state index is 14.3. The van der Waals surface area contributed by atoms with Crippen molar-refractivity contribution in [2.45, 2.75) is 29.7 Å². The van der Waals surface area contributed by atoms with Crippen molar-refractivity contribution in [1.29, 1.82) is 0 Å². The Bertz CT molecular complexity index is 1420. The third-order valence-electron chi connectivity index (χ3n) is 6.33. The summed E-state index contributed by atoms with van der Waals surface area (Å²) in [7, 11) is -0.936. The third-order valence-corrected chi connectivity index (χ3v) is 8.69. The van der Waals surface area contributed by atoms with E-state index in [1.54, 1.807) is 60.7 Å². The van der Waals surface area contributed by atoms with E-state index in [0.29, 0.717) is 21.3 Å². The number of hydrogen-bond acceptors (Lipinski definition) is 8. The molecule has 0 radical (unpaired) electrons. The van der Waals surface area contributed by atoms with Crippen LogP contribution in [0.1, 0.15) is 29.0 Å². The zero-order valence-electron chi connectivity index (χ0n) is 21.1. The Morgan fingerprint density at radius 3 is 2.03 bits per heavy atom. The number of benzene rings is 3. The highest BCUT2D eigenvalue weighted by molar-refractivity contribution is 9.10. The highest BCUT2D eigenvalue weighted by atomic mass is 79.9. The summed E-state index contributed by atoms with van der Waals surface area (Å²) < 4.78 is 51.9. The predicted octanol–water partition coefficient (Wildman–Crippen LogP) is 4.31. The van der Waals surface area contributed by atoms with Gasteiger partial charge in [-0.25, -0.2) is 18.0 Å². The number of rotatable bonds is 7. The quantitative estimate of drug-likeness (QED) is 0.290. The molecule has 9 nitrogen and oxygen atoms in total. The molecule has 11 heteroatoms. The summed E-state index contributed by atoms with van der Waals surface area (Å²) in [6, 6.07) is 19.2. The zero-order valence-corrected chi connectivity index (χ0v) is 23.5. The summed E-state index contributed by atoms with van der Waals surface area (Å²) in [5.74, 6) is -1.79. The second-order valence-electron chi connectivity index (χ2n) is 8.56. The fraction of sp³-hybridized carbons (Fsp3) is 0.259. The standard InChI is InChI=1S/C27H26BrNO8S/c1-17-8-14-22(15-9-17)38(32,33)29-24(19-6-5-7-20(28)16-19)37-23(18-10-12-21(34-2)13-11-18)27(29,25(30)35-3)26(31)36-4/h5-16,23-24H,1-4H3/t23-,24+/m0/s1. The maximum Gasteiger partial charge on any atom is 0.342 e. The van der Waals surface area contributed by atoms with Crippen LogP contribution in [0.2, 0.25) is 0 Å². The summed E-state index contributed by atoms with van der Waals surface area (Å²) in [6.45, 7) is 1.81. The van der Waals surface area contributed by atoms with Gasteiger partial charge in [-0.1, -0.05) is 57.9 Å². The number of ether oxygens (including phenoxy) is 4. The largest absolute Gasteiger partial charge is 0.497 e. The Morgan fingerprint density at radius 1 is 0.895 bits per heavy atom. The first-order chi connectivity index (χ1) is 18.1. The first kappa shape index (κ1) is 27.8. The molecule has 0 bridgehead atoms. The molecular weight excluding hydrogens is 578 g/mol. The Balaban J connectivity index is 2.07. The van der Waals surface area contributed by atoms with E-state index in [2.05, 4.69) is 15.9 Å². The van der Waals surface area contributed by atoms with E-state index in [1.165, 1.54) is 19.2 Å². The normalized spacial score (nSPS) is 19.1. The van der Waals surface area contributed by atoms with Gasteiger partial charge in [-0.05, 0) is 54.4 Å². The van der Waals surface area contributed by atoms with Gasteiger partial charge in [-0.15, -0.1) is 4.31 Å². The molecule has 1 heterocycles. The van der Waals surface area contributed by atoms with Crippen LogP contribution in [-0.4, -0.2) is 51.5 Å². The molecule has 0 aromatic heterocycles. The van der Waals surface area contributed by atoms with E-state index < -0.39 is 39.8 Å². The molecule has 0 amide bonds. The van der Waals surface area contributed by atoms with Gasteiger partial charge in [0, 0.05) is 4.47 Å². The molecule has 0 aliphatic carbocycles. The average molecular weight is 604 g/mol. The summed E-state index contributed by atoms with van der Waals surface area (Å²) in [6.07, 6.45) is -2.83. The number of halogens is 1. The number of sulfonamides is 1. The van der Waals surface area contributed by atoms with E-state index in [0.717, 1.165) is 24.1 Å². The molecule has 4 rings (SSSR count). The van der Waals surface area contributed by atoms with Crippen molar-refractivity contribution in [3.8, 4) is 5.75 Å². The zero-order chi connectivity index (χ0) is 27.7. The second-order valence-corrected chi connectivity index (χ2v) is 11.3. The molecule has 1 saturated heterocycles. The Kier molecular flexibility index (Phi) is 7.93. The third kappa shape index (κ3) is 4.60. The number of nitrogens with zero attached hydrogens (tertiary/aromatic N) is 1. The van der Waals surface area contributed by atoms with E-state index >= 15 is 0 Å². The highest BCUT2D eigenvalue weighted by Gasteiger charge is 2.71. The first-order valence-electron chi connectivity index (χ1n) is 11.4. The van der Waals surface area contributed by atoms with Gasteiger partial charge < -0.3 is 18.9 Å². The van der Waals surface area contributed by atoms with E-state index in [4.69, 9.17) is 18.9 Å². The van der Waals surface area contributed by atoms with Crippen LogP contribution in [0.15, 0.2) is 82.2 Å². The van der Waals surface area contributed by atoms with Crippen molar-refractivity contribution in [2.24, 2.45) is 0 Å². The molecular formula is C27H26BrNO8S. The Hall–Kier alpha value is -3.25. The number of carbonyl (C=O) groups excluding carboxylic acids is 2. The van der Waals surface area contributed by atoms with Crippen LogP contribution in [0.5, 0.6) is 5.75 Å². The number of hydrogen-bond donors (Lipinski definition) is 0.